The first kappa shape index (κ1) is 17.1. The van der Waals surface area contributed by atoms with Crippen molar-refractivity contribution in [1.82, 2.24) is 0 Å². The van der Waals surface area contributed by atoms with Crippen LogP contribution in [0.5, 0.6) is 0 Å². The molecule has 0 bridgehead atoms. The first-order valence-corrected chi connectivity index (χ1v) is 7.15. The number of non-ortho nitro benzene ring substituents is 1. The zero-order chi connectivity index (χ0) is 17.5. The number of Topliss-reactive ketones (excluding diaryl/α,β-unsaturated/α-hetero) is 1. The Labute approximate surface area is 138 Å². The van der Waals surface area contributed by atoms with Gasteiger partial charge >= 0.3 is 5.97 Å². The summed E-state index contributed by atoms with van der Waals surface area (Å²) in [5.74, 6) is -0.763. The highest BCUT2D eigenvalue weighted by atomic mass is 16.6. The van der Waals surface area contributed by atoms with Gasteiger partial charge in [0, 0.05) is 30.2 Å². The maximum Gasteiger partial charge on any atom is 0.302 e. The molecule has 6 nitrogen and oxygen atoms in total. The summed E-state index contributed by atoms with van der Waals surface area (Å²) in [7, 11) is 0. The Bertz CT molecular complexity index is 779. The van der Waals surface area contributed by atoms with E-state index in [1.54, 1.807) is 36.4 Å². The number of nitro groups is 1. The van der Waals surface area contributed by atoms with Gasteiger partial charge < -0.3 is 4.74 Å². The molecule has 0 N–H and O–H groups in total. The van der Waals surface area contributed by atoms with Gasteiger partial charge in [-0.1, -0.05) is 30.3 Å². The highest BCUT2D eigenvalue weighted by Crippen LogP contribution is 2.17. The number of benzene rings is 2. The molecule has 0 radical (unpaired) electrons. The topological polar surface area (TPSA) is 86.5 Å². The summed E-state index contributed by atoms with van der Waals surface area (Å²) in [5.41, 5.74) is 1.32. The van der Waals surface area contributed by atoms with Gasteiger partial charge in [-0.3, -0.25) is 19.7 Å². The van der Waals surface area contributed by atoms with E-state index in [0.29, 0.717) is 11.1 Å². The number of ketones is 1. The number of rotatable bonds is 6. The number of hydrogen-bond donors (Lipinski definition) is 0. The molecule has 0 saturated heterocycles. The van der Waals surface area contributed by atoms with Crippen LogP contribution in [0.2, 0.25) is 0 Å². The molecule has 2 aromatic carbocycles. The van der Waals surface area contributed by atoms with E-state index in [2.05, 4.69) is 0 Å². The number of nitro benzene ring substituents is 1. The van der Waals surface area contributed by atoms with Crippen LogP contribution in [0.25, 0.3) is 6.08 Å². The lowest BCUT2D eigenvalue weighted by Crippen LogP contribution is -2.11. The van der Waals surface area contributed by atoms with Crippen LogP contribution in [0.3, 0.4) is 0 Å². The summed E-state index contributed by atoms with van der Waals surface area (Å²) in [5, 5.41) is 10.7. The summed E-state index contributed by atoms with van der Waals surface area (Å²) in [6.07, 6.45) is 1.56. The standard InChI is InChI=1S/C18H15NO5/c1-13(20)24-12-16(18(21)15-5-3-2-4-6-15)11-14-7-9-17(10-8-14)19(22)23/h2-11H,12H2,1H3/b16-11-. The van der Waals surface area contributed by atoms with Crippen LogP contribution in [0.4, 0.5) is 5.69 Å². The van der Waals surface area contributed by atoms with Crippen molar-refractivity contribution in [2.75, 3.05) is 6.61 Å². The average Bonchev–Trinajstić information content (AvgIpc) is 2.59. The number of nitrogens with zero attached hydrogens (tertiary/aromatic N) is 1. The number of esters is 1. The first-order chi connectivity index (χ1) is 11.5. The predicted molar refractivity (Wildman–Crippen MR) is 88.5 cm³/mol. The Morgan fingerprint density at radius 2 is 1.71 bits per heavy atom. The monoisotopic (exact) mass is 325 g/mol. The third-order valence-electron chi connectivity index (χ3n) is 3.20. The van der Waals surface area contributed by atoms with Crippen LogP contribution in [0, 0.1) is 10.1 Å². The van der Waals surface area contributed by atoms with Gasteiger partial charge in [0.15, 0.2) is 5.78 Å². The van der Waals surface area contributed by atoms with Crippen molar-refractivity contribution in [1.29, 1.82) is 0 Å². The van der Waals surface area contributed by atoms with E-state index in [1.165, 1.54) is 31.2 Å². The van der Waals surface area contributed by atoms with Gasteiger partial charge in [-0.15, -0.1) is 0 Å². The lowest BCUT2D eigenvalue weighted by molar-refractivity contribution is -0.384. The Morgan fingerprint density at radius 1 is 1.08 bits per heavy atom. The quantitative estimate of drug-likeness (QED) is 0.267. The Hall–Kier alpha value is -3.28. The number of carbonyl (C=O) groups excluding carboxylic acids is 2. The van der Waals surface area contributed by atoms with Crippen LogP contribution >= 0.6 is 0 Å². The predicted octanol–water partition coefficient (Wildman–Crippen LogP) is 3.42. The zero-order valence-electron chi connectivity index (χ0n) is 13.0. The smallest absolute Gasteiger partial charge is 0.302 e. The minimum atomic E-state index is -0.498. The lowest BCUT2D eigenvalue weighted by atomic mass is 10.0. The Balaban J connectivity index is 2.32. The van der Waals surface area contributed by atoms with E-state index >= 15 is 0 Å². The normalized spacial score (nSPS) is 11.0. The molecular weight excluding hydrogens is 310 g/mol. The van der Waals surface area contributed by atoms with Crippen molar-refractivity contribution in [3.63, 3.8) is 0 Å². The molecule has 0 aliphatic heterocycles. The molecule has 0 saturated carbocycles. The molecular formula is C18H15NO5. The fourth-order valence-electron chi connectivity index (χ4n) is 2.02. The van der Waals surface area contributed by atoms with Crippen molar-refractivity contribution in [2.45, 2.75) is 6.92 Å². The highest BCUT2D eigenvalue weighted by molar-refractivity contribution is 6.11. The Morgan fingerprint density at radius 3 is 2.25 bits per heavy atom. The Kier molecular flexibility index (Phi) is 5.57. The second-order valence-electron chi connectivity index (χ2n) is 4.99. The second kappa shape index (κ2) is 7.82. The van der Waals surface area contributed by atoms with Crippen molar-refractivity contribution >= 4 is 23.5 Å². The zero-order valence-corrected chi connectivity index (χ0v) is 13.0. The van der Waals surface area contributed by atoms with Crippen LogP contribution in [0.15, 0.2) is 60.2 Å². The van der Waals surface area contributed by atoms with Gasteiger partial charge in [0.05, 0.1) is 4.92 Å². The van der Waals surface area contributed by atoms with E-state index < -0.39 is 10.9 Å². The molecule has 0 amide bonds. The minimum absolute atomic E-state index is 0.0388. The number of hydrogen-bond acceptors (Lipinski definition) is 5. The van der Waals surface area contributed by atoms with Gasteiger partial charge in [0.25, 0.3) is 5.69 Å². The van der Waals surface area contributed by atoms with Gasteiger partial charge in [0.1, 0.15) is 6.61 Å². The minimum Gasteiger partial charge on any atom is -0.461 e. The van der Waals surface area contributed by atoms with Crippen LogP contribution in [-0.4, -0.2) is 23.3 Å². The third kappa shape index (κ3) is 4.61. The summed E-state index contributed by atoms with van der Waals surface area (Å²) < 4.78 is 4.94. The van der Waals surface area contributed by atoms with E-state index in [0.717, 1.165) is 0 Å². The van der Waals surface area contributed by atoms with E-state index in [4.69, 9.17) is 4.74 Å². The van der Waals surface area contributed by atoms with Crippen molar-refractivity contribution in [3.05, 3.63) is 81.4 Å². The van der Waals surface area contributed by atoms with E-state index in [9.17, 15) is 19.7 Å². The van der Waals surface area contributed by atoms with Crippen molar-refractivity contribution in [2.24, 2.45) is 0 Å². The molecule has 24 heavy (non-hydrogen) atoms. The molecule has 122 valence electrons. The maximum absolute atomic E-state index is 12.6. The second-order valence-corrected chi connectivity index (χ2v) is 4.99. The molecule has 0 fully saturated rings. The fraction of sp³-hybridized carbons (Fsp3) is 0.111. The lowest BCUT2D eigenvalue weighted by Gasteiger charge is -2.07. The summed E-state index contributed by atoms with van der Waals surface area (Å²) in [6, 6.07) is 14.4. The molecule has 0 aromatic heterocycles. The van der Waals surface area contributed by atoms with E-state index in [-0.39, 0.29) is 23.7 Å². The molecule has 0 heterocycles. The maximum atomic E-state index is 12.6. The van der Waals surface area contributed by atoms with Gasteiger partial charge in [0.2, 0.25) is 0 Å². The highest BCUT2D eigenvalue weighted by Gasteiger charge is 2.14. The van der Waals surface area contributed by atoms with Crippen LogP contribution < -0.4 is 0 Å². The fourth-order valence-corrected chi connectivity index (χ4v) is 2.02. The molecule has 0 spiro atoms. The molecule has 6 heteroatoms. The number of carbonyl (C=O) groups is 2. The molecule has 2 rings (SSSR count). The number of ether oxygens (including phenoxy) is 1. The van der Waals surface area contributed by atoms with Crippen molar-refractivity contribution in [3.8, 4) is 0 Å². The molecule has 0 atom stereocenters. The van der Waals surface area contributed by atoms with Gasteiger partial charge in [-0.05, 0) is 23.8 Å². The summed E-state index contributed by atoms with van der Waals surface area (Å²) in [4.78, 5) is 33.8. The summed E-state index contributed by atoms with van der Waals surface area (Å²) >= 11 is 0. The first-order valence-electron chi connectivity index (χ1n) is 7.15. The SMILES string of the molecule is CC(=O)OC/C(=C/c1ccc([N+](=O)[O-])cc1)C(=O)c1ccccc1. The summed E-state index contributed by atoms with van der Waals surface area (Å²) in [6.45, 7) is 1.09. The van der Waals surface area contributed by atoms with Crippen LogP contribution in [0.1, 0.15) is 22.8 Å². The average molecular weight is 325 g/mol. The van der Waals surface area contributed by atoms with Gasteiger partial charge in [-0.25, -0.2) is 0 Å². The molecule has 0 unspecified atom stereocenters. The largest absolute Gasteiger partial charge is 0.461 e. The van der Waals surface area contributed by atoms with Crippen molar-refractivity contribution < 1.29 is 19.2 Å². The van der Waals surface area contributed by atoms with Crippen LogP contribution in [-0.2, 0) is 9.53 Å². The molecule has 0 aliphatic rings. The molecule has 2 aromatic rings. The molecule has 0 aliphatic carbocycles. The van der Waals surface area contributed by atoms with E-state index in [1.807, 2.05) is 0 Å². The third-order valence-corrected chi connectivity index (χ3v) is 3.20. The van der Waals surface area contributed by atoms with Gasteiger partial charge in [-0.2, -0.15) is 0 Å².